The van der Waals surface area contributed by atoms with Crippen molar-refractivity contribution >= 4 is 23.2 Å². The zero-order valence-electron chi connectivity index (χ0n) is 10.3. The Bertz CT molecular complexity index is 616. The number of aryl methyl sites for hydroxylation is 1. The summed E-state index contributed by atoms with van der Waals surface area (Å²) in [6.45, 7) is 0. The molecule has 2 aromatic rings. The summed E-state index contributed by atoms with van der Waals surface area (Å²) in [7, 11) is 0. The Morgan fingerprint density at radius 2 is 1.89 bits per heavy atom. The van der Waals surface area contributed by atoms with Crippen LogP contribution >= 0.6 is 11.6 Å². The van der Waals surface area contributed by atoms with Gasteiger partial charge in [-0.1, -0.05) is 23.7 Å². The molecule has 0 saturated heterocycles. The van der Waals surface area contributed by atoms with E-state index in [0.29, 0.717) is 16.8 Å². The third-order valence-electron chi connectivity index (χ3n) is 3.25. The molecule has 3 rings (SSSR count). The van der Waals surface area contributed by atoms with E-state index < -0.39 is 0 Å². The fourth-order valence-corrected chi connectivity index (χ4v) is 2.57. The molecule has 0 spiro atoms. The number of nitrogens with zero attached hydrogens (tertiary/aromatic N) is 2. The first-order valence-electron chi connectivity index (χ1n) is 6.31. The average Bonchev–Trinajstić information content (AvgIpc) is 2.42. The number of hydrogen-bond acceptors (Lipinski definition) is 3. The Labute approximate surface area is 115 Å². The molecule has 1 N–H and O–H groups in total. The van der Waals surface area contributed by atoms with Crippen LogP contribution in [0.15, 0.2) is 24.3 Å². The van der Waals surface area contributed by atoms with Gasteiger partial charge in [0.2, 0.25) is 5.95 Å². The molecule has 98 valence electrons. The van der Waals surface area contributed by atoms with Crippen molar-refractivity contribution in [2.24, 2.45) is 0 Å². The minimum Gasteiger partial charge on any atom is -0.322 e. The monoisotopic (exact) mass is 277 g/mol. The first-order chi connectivity index (χ1) is 9.24. The van der Waals surface area contributed by atoms with Crippen LogP contribution in [0.25, 0.3) is 0 Å². The van der Waals surface area contributed by atoms with Crippen LogP contribution in [0.1, 0.15) is 24.1 Å². The first kappa shape index (κ1) is 12.4. The standard InChI is InChI=1S/C14H13ClFN3/c15-13-9-5-1-3-7-11(9)17-14(19-13)18-12-8-4-2-6-10(12)16/h2,4,6,8H,1,3,5,7H2,(H,17,18,19). The van der Waals surface area contributed by atoms with Gasteiger partial charge in [0.15, 0.2) is 0 Å². The van der Waals surface area contributed by atoms with Gasteiger partial charge in [0.1, 0.15) is 11.0 Å². The molecule has 0 amide bonds. The van der Waals surface area contributed by atoms with Crippen LogP contribution in [0.4, 0.5) is 16.0 Å². The van der Waals surface area contributed by atoms with Gasteiger partial charge in [-0.25, -0.2) is 14.4 Å². The lowest BCUT2D eigenvalue weighted by molar-refractivity contribution is 0.631. The molecule has 1 aliphatic rings. The number of nitrogens with one attached hydrogen (secondary N) is 1. The maximum absolute atomic E-state index is 13.6. The lowest BCUT2D eigenvalue weighted by Crippen LogP contribution is -2.10. The molecule has 1 aromatic carbocycles. The highest BCUT2D eigenvalue weighted by Gasteiger charge is 2.17. The fraction of sp³-hybridized carbons (Fsp3) is 0.286. The quantitative estimate of drug-likeness (QED) is 0.846. The Hall–Kier alpha value is -1.68. The van der Waals surface area contributed by atoms with Crippen molar-refractivity contribution in [1.82, 2.24) is 9.97 Å². The van der Waals surface area contributed by atoms with E-state index in [0.717, 1.165) is 36.9 Å². The zero-order valence-corrected chi connectivity index (χ0v) is 11.0. The summed E-state index contributed by atoms with van der Waals surface area (Å²) in [5, 5.41) is 3.36. The van der Waals surface area contributed by atoms with Gasteiger partial charge in [0, 0.05) is 5.56 Å². The first-order valence-corrected chi connectivity index (χ1v) is 6.68. The van der Waals surface area contributed by atoms with Crippen molar-refractivity contribution in [2.45, 2.75) is 25.7 Å². The second-order valence-electron chi connectivity index (χ2n) is 4.58. The van der Waals surface area contributed by atoms with Crippen LogP contribution in [-0.4, -0.2) is 9.97 Å². The molecule has 0 radical (unpaired) electrons. The molecule has 0 saturated carbocycles. The van der Waals surface area contributed by atoms with Crippen molar-refractivity contribution in [2.75, 3.05) is 5.32 Å². The maximum Gasteiger partial charge on any atom is 0.228 e. The third kappa shape index (κ3) is 2.54. The third-order valence-corrected chi connectivity index (χ3v) is 3.57. The summed E-state index contributed by atoms with van der Waals surface area (Å²) in [6.07, 6.45) is 4.06. The van der Waals surface area contributed by atoms with Crippen molar-refractivity contribution in [3.05, 3.63) is 46.5 Å². The van der Waals surface area contributed by atoms with Gasteiger partial charge in [-0.15, -0.1) is 0 Å². The van der Waals surface area contributed by atoms with Gasteiger partial charge in [-0.3, -0.25) is 0 Å². The molecule has 3 nitrogen and oxygen atoms in total. The number of anilines is 2. The lowest BCUT2D eigenvalue weighted by Gasteiger charge is -2.17. The van der Waals surface area contributed by atoms with E-state index in [1.807, 2.05) is 0 Å². The summed E-state index contributed by atoms with van der Waals surface area (Å²) in [5.74, 6) is 0.0238. The highest BCUT2D eigenvalue weighted by molar-refractivity contribution is 6.30. The van der Waals surface area contributed by atoms with Crippen LogP contribution in [-0.2, 0) is 12.8 Å². The Morgan fingerprint density at radius 1 is 1.11 bits per heavy atom. The van der Waals surface area contributed by atoms with E-state index in [-0.39, 0.29) is 5.82 Å². The highest BCUT2D eigenvalue weighted by Crippen LogP contribution is 2.27. The normalized spacial score (nSPS) is 14.0. The van der Waals surface area contributed by atoms with Crippen LogP contribution in [0.2, 0.25) is 5.15 Å². The van der Waals surface area contributed by atoms with Gasteiger partial charge < -0.3 is 5.32 Å². The average molecular weight is 278 g/mol. The molecule has 1 aromatic heterocycles. The van der Waals surface area contributed by atoms with Gasteiger partial charge in [-0.05, 0) is 37.8 Å². The van der Waals surface area contributed by atoms with Gasteiger partial charge >= 0.3 is 0 Å². The molecule has 0 aliphatic heterocycles. The van der Waals surface area contributed by atoms with E-state index in [1.54, 1.807) is 18.2 Å². The van der Waals surface area contributed by atoms with Gasteiger partial charge in [0.05, 0.1) is 11.4 Å². The number of rotatable bonds is 2. The van der Waals surface area contributed by atoms with Gasteiger partial charge in [0.25, 0.3) is 0 Å². The zero-order chi connectivity index (χ0) is 13.2. The summed E-state index contributed by atoms with van der Waals surface area (Å²) in [5.41, 5.74) is 2.37. The van der Waals surface area contributed by atoms with E-state index in [1.165, 1.54) is 6.07 Å². The lowest BCUT2D eigenvalue weighted by atomic mass is 9.97. The molecule has 0 bridgehead atoms. The van der Waals surface area contributed by atoms with E-state index in [9.17, 15) is 4.39 Å². The van der Waals surface area contributed by atoms with E-state index in [4.69, 9.17) is 11.6 Å². The summed E-state index contributed by atoms with van der Waals surface area (Å²) >= 11 is 6.17. The number of aromatic nitrogens is 2. The van der Waals surface area contributed by atoms with Crippen LogP contribution in [0, 0.1) is 5.82 Å². The molecule has 1 aliphatic carbocycles. The van der Waals surface area contributed by atoms with E-state index in [2.05, 4.69) is 15.3 Å². The predicted octanol–water partition coefficient (Wildman–Crippen LogP) is 3.89. The Morgan fingerprint density at radius 3 is 2.74 bits per heavy atom. The van der Waals surface area contributed by atoms with Crippen LogP contribution < -0.4 is 5.32 Å². The van der Waals surface area contributed by atoms with Crippen LogP contribution in [0.3, 0.4) is 0 Å². The number of hydrogen-bond donors (Lipinski definition) is 1. The molecule has 5 heteroatoms. The van der Waals surface area contributed by atoms with Crippen molar-refractivity contribution in [3.63, 3.8) is 0 Å². The van der Waals surface area contributed by atoms with E-state index >= 15 is 0 Å². The molecule has 19 heavy (non-hydrogen) atoms. The van der Waals surface area contributed by atoms with Crippen molar-refractivity contribution < 1.29 is 4.39 Å². The van der Waals surface area contributed by atoms with Crippen molar-refractivity contribution in [3.8, 4) is 0 Å². The molecular formula is C14H13ClFN3. The maximum atomic E-state index is 13.6. The summed E-state index contributed by atoms with van der Waals surface area (Å²) < 4.78 is 13.6. The SMILES string of the molecule is Fc1ccccc1Nc1nc(Cl)c2c(n1)CCCC2. The number of para-hydroxylation sites is 1. The minimum atomic E-state index is -0.333. The molecule has 0 atom stereocenters. The highest BCUT2D eigenvalue weighted by atomic mass is 35.5. The Balaban J connectivity index is 1.94. The smallest absolute Gasteiger partial charge is 0.228 e. The fourth-order valence-electron chi connectivity index (χ4n) is 2.29. The van der Waals surface area contributed by atoms with Gasteiger partial charge in [-0.2, -0.15) is 0 Å². The molecule has 0 unspecified atom stereocenters. The van der Waals surface area contributed by atoms with Crippen molar-refractivity contribution in [1.29, 1.82) is 0 Å². The summed E-state index contributed by atoms with van der Waals surface area (Å²) in [6, 6.07) is 6.43. The second kappa shape index (κ2) is 5.13. The number of halogens is 2. The second-order valence-corrected chi connectivity index (χ2v) is 4.93. The number of benzene rings is 1. The van der Waals surface area contributed by atoms with Crippen LogP contribution in [0.5, 0.6) is 0 Å². The number of fused-ring (bicyclic) bond motifs is 1. The molecule has 0 fully saturated rings. The predicted molar refractivity (Wildman–Crippen MR) is 73.4 cm³/mol. The molecular weight excluding hydrogens is 265 g/mol. The minimum absolute atomic E-state index is 0.333. The topological polar surface area (TPSA) is 37.8 Å². The Kier molecular flexibility index (Phi) is 3.34. The molecule has 1 heterocycles. The largest absolute Gasteiger partial charge is 0.322 e. The summed E-state index contributed by atoms with van der Waals surface area (Å²) in [4.78, 5) is 8.64.